The zero-order valence-corrected chi connectivity index (χ0v) is 8.74. The Labute approximate surface area is 85.8 Å². The number of aliphatic hydroxyl groups is 1. The average Bonchev–Trinajstić information content (AvgIpc) is 2.65. The Morgan fingerprint density at radius 2 is 1.93 bits per heavy atom. The summed E-state index contributed by atoms with van der Waals surface area (Å²) in [4.78, 5) is 0. The van der Waals surface area contributed by atoms with E-state index in [-0.39, 0.29) is 6.10 Å². The average molecular weight is 190 g/mol. The highest BCUT2D eigenvalue weighted by molar-refractivity contribution is 5.26. The molecule has 1 aromatic rings. The normalized spacial score (nSPS) is 26.7. The Morgan fingerprint density at radius 1 is 1.21 bits per heavy atom. The van der Waals surface area contributed by atoms with Crippen molar-refractivity contribution in [3.05, 3.63) is 35.4 Å². The van der Waals surface area contributed by atoms with Gasteiger partial charge in [-0.25, -0.2) is 0 Å². The van der Waals surface area contributed by atoms with Crippen LogP contribution in [0, 0.1) is 0 Å². The summed E-state index contributed by atoms with van der Waals surface area (Å²) in [6.07, 6.45) is 4.27. The lowest BCUT2D eigenvalue weighted by Crippen LogP contribution is -2.10. The van der Waals surface area contributed by atoms with Crippen LogP contribution in [0.2, 0.25) is 0 Å². The molecule has 76 valence electrons. The van der Waals surface area contributed by atoms with Gasteiger partial charge in [0.05, 0.1) is 6.10 Å². The second-order valence-electron chi connectivity index (χ2n) is 4.20. The fourth-order valence-electron chi connectivity index (χ4n) is 2.33. The fraction of sp³-hybridized carbons (Fsp3) is 0.538. The molecule has 0 heterocycles. The summed E-state index contributed by atoms with van der Waals surface area (Å²) in [6.45, 7) is 2.17. The summed E-state index contributed by atoms with van der Waals surface area (Å²) < 4.78 is 0. The molecule has 1 saturated carbocycles. The van der Waals surface area contributed by atoms with Crippen LogP contribution in [0.3, 0.4) is 0 Å². The molecule has 0 amide bonds. The first-order valence-electron chi connectivity index (χ1n) is 5.58. The lowest BCUT2D eigenvalue weighted by molar-refractivity contribution is 0.164. The molecule has 2 rings (SSSR count). The SMILES string of the molecule is CCc1ccc(C2CCCC2O)cc1. The van der Waals surface area contributed by atoms with Crippen molar-refractivity contribution in [2.45, 2.75) is 44.6 Å². The first-order chi connectivity index (χ1) is 6.81. The summed E-state index contributed by atoms with van der Waals surface area (Å²) >= 11 is 0. The molecular formula is C13H18O. The third-order valence-electron chi connectivity index (χ3n) is 3.30. The first-order valence-corrected chi connectivity index (χ1v) is 5.58. The van der Waals surface area contributed by atoms with E-state index in [4.69, 9.17) is 0 Å². The molecule has 0 aliphatic heterocycles. The highest BCUT2D eigenvalue weighted by Crippen LogP contribution is 2.34. The highest BCUT2D eigenvalue weighted by Gasteiger charge is 2.26. The second-order valence-corrected chi connectivity index (χ2v) is 4.20. The first kappa shape index (κ1) is 9.72. The van der Waals surface area contributed by atoms with E-state index in [1.807, 2.05) is 0 Å². The van der Waals surface area contributed by atoms with Crippen molar-refractivity contribution in [3.8, 4) is 0 Å². The predicted octanol–water partition coefficient (Wildman–Crippen LogP) is 2.88. The minimum absolute atomic E-state index is 0.109. The highest BCUT2D eigenvalue weighted by atomic mass is 16.3. The third kappa shape index (κ3) is 1.83. The predicted molar refractivity (Wildman–Crippen MR) is 58.4 cm³/mol. The summed E-state index contributed by atoms with van der Waals surface area (Å²) in [6, 6.07) is 8.72. The molecule has 1 heteroatoms. The summed E-state index contributed by atoms with van der Waals surface area (Å²) in [5.41, 5.74) is 2.69. The quantitative estimate of drug-likeness (QED) is 0.760. The van der Waals surface area contributed by atoms with Crippen molar-refractivity contribution < 1.29 is 5.11 Å². The molecular weight excluding hydrogens is 172 g/mol. The minimum Gasteiger partial charge on any atom is -0.392 e. The van der Waals surface area contributed by atoms with Crippen LogP contribution in [0.5, 0.6) is 0 Å². The molecule has 1 aliphatic carbocycles. The zero-order chi connectivity index (χ0) is 9.97. The Hall–Kier alpha value is -0.820. The molecule has 2 unspecified atom stereocenters. The Balaban J connectivity index is 2.16. The smallest absolute Gasteiger partial charge is 0.0608 e. The van der Waals surface area contributed by atoms with Gasteiger partial charge in [-0.05, 0) is 30.4 Å². The van der Waals surface area contributed by atoms with Crippen LogP contribution in [0.4, 0.5) is 0 Å². The van der Waals surface area contributed by atoms with Gasteiger partial charge >= 0.3 is 0 Å². The number of hydrogen-bond acceptors (Lipinski definition) is 1. The van der Waals surface area contributed by atoms with Crippen LogP contribution < -0.4 is 0 Å². The van der Waals surface area contributed by atoms with Gasteiger partial charge in [-0.2, -0.15) is 0 Å². The third-order valence-corrected chi connectivity index (χ3v) is 3.30. The van der Waals surface area contributed by atoms with Crippen molar-refractivity contribution in [2.24, 2.45) is 0 Å². The Kier molecular flexibility index (Phi) is 2.87. The molecule has 1 aliphatic rings. The van der Waals surface area contributed by atoms with Crippen molar-refractivity contribution in [1.29, 1.82) is 0 Å². The summed E-state index contributed by atoms with van der Waals surface area (Å²) in [5, 5.41) is 9.77. The number of aliphatic hydroxyl groups excluding tert-OH is 1. The van der Waals surface area contributed by atoms with Gasteiger partial charge in [0, 0.05) is 5.92 Å². The number of aryl methyl sites for hydroxylation is 1. The molecule has 0 saturated heterocycles. The van der Waals surface area contributed by atoms with Crippen LogP contribution in [0.25, 0.3) is 0 Å². The van der Waals surface area contributed by atoms with E-state index >= 15 is 0 Å². The molecule has 0 radical (unpaired) electrons. The Bertz CT molecular complexity index is 289. The lowest BCUT2D eigenvalue weighted by Gasteiger charge is -2.14. The lowest BCUT2D eigenvalue weighted by atomic mass is 9.95. The van der Waals surface area contributed by atoms with Crippen molar-refractivity contribution >= 4 is 0 Å². The molecule has 0 aromatic heterocycles. The maximum Gasteiger partial charge on any atom is 0.0608 e. The monoisotopic (exact) mass is 190 g/mol. The van der Waals surface area contributed by atoms with Crippen molar-refractivity contribution in [2.75, 3.05) is 0 Å². The number of benzene rings is 1. The van der Waals surface area contributed by atoms with Crippen LogP contribution in [0.15, 0.2) is 24.3 Å². The molecule has 14 heavy (non-hydrogen) atoms. The number of rotatable bonds is 2. The van der Waals surface area contributed by atoms with Gasteiger partial charge in [0.1, 0.15) is 0 Å². The van der Waals surface area contributed by atoms with E-state index in [0.717, 1.165) is 19.3 Å². The molecule has 0 spiro atoms. The van der Waals surface area contributed by atoms with Crippen molar-refractivity contribution in [1.82, 2.24) is 0 Å². The second kappa shape index (κ2) is 4.14. The summed E-state index contributed by atoms with van der Waals surface area (Å²) in [7, 11) is 0. The summed E-state index contributed by atoms with van der Waals surface area (Å²) in [5.74, 6) is 0.390. The van der Waals surface area contributed by atoms with Gasteiger partial charge in [-0.1, -0.05) is 37.6 Å². The minimum atomic E-state index is -0.109. The van der Waals surface area contributed by atoms with Crippen LogP contribution in [-0.2, 0) is 6.42 Å². The van der Waals surface area contributed by atoms with E-state index in [1.165, 1.54) is 17.5 Å². The zero-order valence-electron chi connectivity index (χ0n) is 8.74. The molecule has 2 atom stereocenters. The van der Waals surface area contributed by atoms with Crippen LogP contribution >= 0.6 is 0 Å². The van der Waals surface area contributed by atoms with Gasteiger partial charge in [0.25, 0.3) is 0 Å². The maximum atomic E-state index is 9.77. The standard InChI is InChI=1S/C13H18O/c1-2-10-6-8-11(9-7-10)12-4-3-5-13(12)14/h6-9,12-14H,2-5H2,1H3. The topological polar surface area (TPSA) is 20.2 Å². The molecule has 0 bridgehead atoms. The molecule has 1 N–H and O–H groups in total. The van der Waals surface area contributed by atoms with Crippen molar-refractivity contribution in [3.63, 3.8) is 0 Å². The maximum absolute atomic E-state index is 9.77. The van der Waals surface area contributed by atoms with E-state index in [0.29, 0.717) is 5.92 Å². The van der Waals surface area contributed by atoms with Gasteiger partial charge < -0.3 is 5.11 Å². The van der Waals surface area contributed by atoms with Gasteiger partial charge in [-0.3, -0.25) is 0 Å². The molecule has 1 nitrogen and oxygen atoms in total. The van der Waals surface area contributed by atoms with Crippen LogP contribution in [0.1, 0.15) is 43.2 Å². The van der Waals surface area contributed by atoms with Gasteiger partial charge in [-0.15, -0.1) is 0 Å². The van der Waals surface area contributed by atoms with E-state index in [2.05, 4.69) is 31.2 Å². The molecule has 1 aromatic carbocycles. The fourth-order valence-corrected chi connectivity index (χ4v) is 2.33. The van der Waals surface area contributed by atoms with Gasteiger partial charge in [0.2, 0.25) is 0 Å². The van der Waals surface area contributed by atoms with E-state index in [1.54, 1.807) is 0 Å². The molecule has 1 fully saturated rings. The Morgan fingerprint density at radius 3 is 2.43 bits per heavy atom. The van der Waals surface area contributed by atoms with Crippen LogP contribution in [-0.4, -0.2) is 11.2 Å². The largest absolute Gasteiger partial charge is 0.392 e. The number of hydrogen-bond donors (Lipinski definition) is 1. The van der Waals surface area contributed by atoms with E-state index in [9.17, 15) is 5.11 Å². The van der Waals surface area contributed by atoms with E-state index < -0.39 is 0 Å². The van der Waals surface area contributed by atoms with Gasteiger partial charge in [0.15, 0.2) is 0 Å².